The summed E-state index contributed by atoms with van der Waals surface area (Å²) in [5.41, 5.74) is 3.54. The second-order valence-corrected chi connectivity index (χ2v) is 5.35. The molecule has 2 aromatic rings. The highest BCUT2D eigenvalue weighted by atomic mass is 32.1. The van der Waals surface area contributed by atoms with Gasteiger partial charge in [0.05, 0.1) is 7.11 Å². The minimum atomic E-state index is -0.326. The zero-order valence-corrected chi connectivity index (χ0v) is 13.6. The number of halogens is 1. The molecule has 3 nitrogen and oxygen atoms in total. The lowest BCUT2D eigenvalue weighted by molar-refractivity contribution is 0.304. The number of ether oxygens (including phenoxy) is 2. The van der Waals surface area contributed by atoms with Crippen molar-refractivity contribution in [3.8, 4) is 5.75 Å². The molecular weight excluding hydrogens is 301 g/mol. The summed E-state index contributed by atoms with van der Waals surface area (Å²) < 4.78 is 24.2. The van der Waals surface area contributed by atoms with Gasteiger partial charge in [-0.1, -0.05) is 17.7 Å². The van der Waals surface area contributed by atoms with Gasteiger partial charge in [-0.2, -0.15) is 0 Å². The van der Waals surface area contributed by atoms with Gasteiger partial charge in [0.15, 0.2) is 0 Å². The standard InChI is InChI=1S/C17H18FNO2S/c1-11-4-7-16(12(2)8-11)21-10-13-9-14(18)5-6-15(13)19-17(22)20-3/h4-9H,10H2,1-3H3,(H,19,22). The van der Waals surface area contributed by atoms with Crippen LogP contribution in [0.1, 0.15) is 16.7 Å². The van der Waals surface area contributed by atoms with Crippen LogP contribution < -0.4 is 10.1 Å². The van der Waals surface area contributed by atoms with Crippen LogP contribution in [0.3, 0.4) is 0 Å². The lowest BCUT2D eigenvalue weighted by Crippen LogP contribution is -2.13. The summed E-state index contributed by atoms with van der Waals surface area (Å²) in [6.07, 6.45) is 0. The van der Waals surface area contributed by atoms with Gasteiger partial charge >= 0.3 is 0 Å². The Kier molecular flexibility index (Phi) is 5.33. The molecule has 0 aliphatic heterocycles. The topological polar surface area (TPSA) is 30.5 Å². The number of benzene rings is 2. The SMILES string of the molecule is COC(=S)Nc1ccc(F)cc1COc1ccc(C)cc1C. The fourth-order valence-electron chi connectivity index (χ4n) is 2.08. The summed E-state index contributed by atoms with van der Waals surface area (Å²) in [5, 5.41) is 3.13. The Hall–Kier alpha value is -2.14. The van der Waals surface area contributed by atoms with E-state index in [9.17, 15) is 4.39 Å². The number of rotatable bonds is 4. The Balaban J connectivity index is 2.17. The first kappa shape index (κ1) is 16.2. The van der Waals surface area contributed by atoms with E-state index in [4.69, 9.17) is 21.7 Å². The molecule has 0 spiro atoms. The van der Waals surface area contributed by atoms with Gasteiger partial charge in [-0.05, 0) is 55.9 Å². The van der Waals surface area contributed by atoms with Crippen LogP contribution in [0.25, 0.3) is 0 Å². The van der Waals surface area contributed by atoms with Crippen molar-refractivity contribution < 1.29 is 13.9 Å². The predicted octanol–water partition coefficient (Wildman–Crippen LogP) is 4.36. The average molecular weight is 319 g/mol. The van der Waals surface area contributed by atoms with Gasteiger partial charge in [-0.25, -0.2) is 4.39 Å². The maximum Gasteiger partial charge on any atom is 0.260 e. The van der Waals surface area contributed by atoms with Gasteiger partial charge in [0.25, 0.3) is 5.17 Å². The van der Waals surface area contributed by atoms with Crippen molar-refractivity contribution in [3.05, 3.63) is 58.9 Å². The van der Waals surface area contributed by atoms with E-state index >= 15 is 0 Å². The van der Waals surface area contributed by atoms with Gasteiger partial charge in [0, 0.05) is 11.3 Å². The zero-order valence-electron chi connectivity index (χ0n) is 12.8. The van der Waals surface area contributed by atoms with E-state index in [-0.39, 0.29) is 17.6 Å². The second-order valence-electron chi connectivity index (χ2n) is 4.98. The fourth-order valence-corrected chi connectivity index (χ4v) is 2.19. The Morgan fingerprint density at radius 1 is 1.18 bits per heavy atom. The number of hydrogen-bond acceptors (Lipinski definition) is 3. The van der Waals surface area contributed by atoms with Crippen LogP contribution in [0.2, 0.25) is 0 Å². The van der Waals surface area contributed by atoms with Crippen LogP contribution >= 0.6 is 12.2 Å². The molecule has 0 bridgehead atoms. The summed E-state index contributed by atoms with van der Waals surface area (Å²) in [6, 6.07) is 10.3. The predicted molar refractivity (Wildman–Crippen MR) is 89.9 cm³/mol. The number of methoxy groups -OCH3 is 1. The quantitative estimate of drug-likeness (QED) is 0.848. The molecule has 116 valence electrons. The van der Waals surface area contributed by atoms with Gasteiger partial charge in [0.1, 0.15) is 18.2 Å². The molecule has 1 N–H and O–H groups in total. The largest absolute Gasteiger partial charge is 0.489 e. The highest BCUT2D eigenvalue weighted by molar-refractivity contribution is 7.80. The van der Waals surface area contributed by atoms with Crippen molar-refractivity contribution in [2.24, 2.45) is 0 Å². The maximum absolute atomic E-state index is 13.5. The zero-order chi connectivity index (χ0) is 16.1. The summed E-state index contributed by atoms with van der Waals surface area (Å²) in [7, 11) is 1.48. The summed E-state index contributed by atoms with van der Waals surface area (Å²) >= 11 is 4.97. The Bertz CT molecular complexity index is 688. The van der Waals surface area contributed by atoms with Crippen molar-refractivity contribution in [1.82, 2.24) is 0 Å². The van der Waals surface area contributed by atoms with Gasteiger partial charge in [-0.3, -0.25) is 0 Å². The molecule has 0 amide bonds. The van der Waals surface area contributed by atoms with E-state index in [0.29, 0.717) is 11.3 Å². The van der Waals surface area contributed by atoms with E-state index < -0.39 is 0 Å². The lowest BCUT2D eigenvalue weighted by Gasteiger charge is -2.14. The van der Waals surface area contributed by atoms with Crippen LogP contribution in [0.15, 0.2) is 36.4 Å². The first-order valence-electron chi connectivity index (χ1n) is 6.83. The maximum atomic E-state index is 13.5. The molecular formula is C17H18FNO2S. The second kappa shape index (κ2) is 7.22. The minimum absolute atomic E-state index is 0.222. The molecule has 0 fully saturated rings. The van der Waals surface area contributed by atoms with Crippen molar-refractivity contribution in [2.75, 3.05) is 12.4 Å². The number of nitrogens with one attached hydrogen (secondary N) is 1. The first-order chi connectivity index (χ1) is 10.5. The minimum Gasteiger partial charge on any atom is -0.489 e. The van der Waals surface area contributed by atoms with Crippen molar-refractivity contribution in [2.45, 2.75) is 20.5 Å². The van der Waals surface area contributed by atoms with E-state index in [1.165, 1.54) is 24.8 Å². The van der Waals surface area contributed by atoms with Crippen LogP contribution in [-0.4, -0.2) is 12.3 Å². The summed E-state index contributed by atoms with van der Waals surface area (Å²) in [5.74, 6) is 0.447. The third-order valence-corrected chi connectivity index (χ3v) is 3.47. The highest BCUT2D eigenvalue weighted by Gasteiger charge is 2.08. The van der Waals surface area contributed by atoms with Crippen LogP contribution in [-0.2, 0) is 11.3 Å². The third-order valence-electron chi connectivity index (χ3n) is 3.20. The van der Waals surface area contributed by atoms with Gasteiger partial charge in [-0.15, -0.1) is 0 Å². The molecule has 0 saturated carbocycles. The monoisotopic (exact) mass is 319 g/mol. The van der Waals surface area contributed by atoms with E-state index in [0.717, 1.165) is 11.3 Å². The smallest absolute Gasteiger partial charge is 0.260 e. The average Bonchev–Trinajstić information content (AvgIpc) is 2.48. The normalized spacial score (nSPS) is 10.2. The van der Waals surface area contributed by atoms with Crippen LogP contribution in [0.5, 0.6) is 5.75 Å². The van der Waals surface area contributed by atoms with Crippen LogP contribution in [0, 0.1) is 19.7 Å². The van der Waals surface area contributed by atoms with Crippen LogP contribution in [0.4, 0.5) is 10.1 Å². The molecule has 0 aliphatic rings. The molecule has 5 heteroatoms. The van der Waals surface area contributed by atoms with Crippen molar-refractivity contribution >= 4 is 23.1 Å². The molecule has 0 atom stereocenters. The molecule has 22 heavy (non-hydrogen) atoms. The number of hydrogen-bond donors (Lipinski definition) is 1. The highest BCUT2D eigenvalue weighted by Crippen LogP contribution is 2.23. The van der Waals surface area contributed by atoms with E-state index in [1.54, 1.807) is 6.07 Å². The Morgan fingerprint density at radius 3 is 2.64 bits per heavy atom. The fraction of sp³-hybridized carbons (Fsp3) is 0.235. The molecule has 0 radical (unpaired) electrons. The van der Waals surface area contributed by atoms with Gasteiger partial charge < -0.3 is 14.8 Å². The molecule has 2 aromatic carbocycles. The number of aryl methyl sites for hydroxylation is 2. The summed E-state index contributed by atoms with van der Waals surface area (Å²) in [6.45, 7) is 4.24. The van der Waals surface area contributed by atoms with E-state index in [2.05, 4.69) is 5.32 Å². The van der Waals surface area contributed by atoms with Gasteiger partial charge in [0.2, 0.25) is 0 Å². The summed E-state index contributed by atoms with van der Waals surface area (Å²) in [4.78, 5) is 0. The first-order valence-corrected chi connectivity index (χ1v) is 7.24. The molecule has 0 saturated heterocycles. The number of anilines is 1. The Labute approximate surface area is 135 Å². The molecule has 2 rings (SSSR count). The van der Waals surface area contributed by atoms with Crippen molar-refractivity contribution in [3.63, 3.8) is 0 Å². The Morgan fingerprint density at radius 2 is 1.95 bits per heavy atom. The number of thiocarbonyl (C=S) groups is 1. The molecule has 0 unspecified atom stereocenters. The molecule has 0 heterocycles. The lowest BCUT2D eigenvalue weighted by atomic mass is 10.1. The van der Waals surface area contributed by atoms with Crippen molar-refractivity contribution in [1.29, 1.82) is 0 Å². The third kappa shape index (κ3) is 4.18. The van der Waals surface area contributed by atoms with E-state index in [1.807, 2.05) is 32.0 Å². The molecule has 0 aliphatic carbocycles. The molecule has 0 aromatic heterocycles.